The molecule has 2 heterocycles. The summed E-state index contributed by atoms with van der Waals surface area (Å²) in [6, 6.07) is 4.22. The van der Waals surface area contributed by atoms with E-state index in [2.05, 4.69) is 15.2 Å². The third-order valence-electron chi connectivity index (χ3n) is 3.01. The Labute approximate surface area is 107 Å². The molecule has 4 nitrogen and oxygen atoms in total. The molecular formula is C12H18ClN3O. The molecule has 1 aliphatic rings. The van der Waals surface area contributed by atoms with Gasteiger partial charge in [0.1, 0.15) is 5.82 Å². The van der Waals surface area contributed by atoms with Crippen molar-refractivity contribution in [2.75, 3.05) is 31.1 Å². The first-order chi connectivity index (χ1) is 8.29. The number of rotatable bonds is 5. The topological polar surface area (TPSA) is 48.4 Å². The van der Waals surface area contributed by atoms with E-state index in [4.69, 9.17) is 16.7 Å². The van der Waals surface area contributed by atoms with Gasteiger partial charge in [-0.1, -0.05) is 11.6 Å². The molecule has 1 saturated heterocycles. The van der Waals surface area contributed by atoms with Crippen molar-refractivity contribution in [1.82, 2.24) is 10.3 Å². The summed E-state index contributed by atoms with van der Waals surface area (Å²) in [4.78, 5) is 6.39. The van der Waals surface area contributed by atoms with Gasteiger partial charge in [0.15, 0.2) is 0 Å². The van der Waals surface area contributed by atoms with Crippen LogP contribution in [0, 0.1) is 0 Å². The highest BCUT2D eigenvalue weighted by molar-refractivity contribution is 6.30. The number of nitrogens with one attached hydrogen (secondary N) is 1. The van der Waals surface area contributed by atoms with E-state index in [1.807, 2.05) is 12.1 Å². The van der Waals surface area contributed by atoms with Crippen LogP contribution in [0.1, 0.15) is 12.8 Å². The molecule has 1 fully saturated rings. The lowest BCUT2D eigenvalue weighted by atomic mass is 10.2. The van der Waals surface area contributed by atoms with Crippen molar-refractivity contribution < 1.29 is 5.11 Å². The zero-order valence-electron chi connectivity index (χ0n) is 9.77. The fourth-order valence-corrected chi connectivity index (χ4v) is 2.27. The number of aliphatic hydroxyl groups is 1. The number of halogens is 1. The van der Waals surface area contributed by atoms with Crippen molar-refractivity contribution in [2.24, 2.45) is 0 Å². The predicted molar refractivity (Wildman–Crippen MR) is 69.6 cm³/mol. The smallest absolute Gasteiger partial charge is 0.128 e. The molecule has 5 heteroatoms. The largest absolute Gasteiger partial charge is 0.395 e. The molecule has 0 radical (unpaired) electrons. The van der Waals surface area contributed by atoms with Crippen LogP contribution in [0.25, 0.3) is 0 Å². The van der Waals surface area contributed by atoms with Gasteiger partial charge in [-0.3, -0.25) is 0 Å². The average molecular weight is 256 g/mol. The molecule has 0 bridgehead atoms. The Hall–Kier alpha value is -0.840. The minimum Gasteiger partial charge on any atom is -0.395 e. The molecule has 0 aromatic carbocycles. The molecule has 17 heavy (non-hydrogen) atoms. The van der Waals surface area contributed by atoms with E-state index >= 15 is 0 Å². The van der Waals surface area contributed by atoms with Gasteiger partial charge in [0.05, 0.1) is 11.6 Å². The number of aromatic nitrogens is 1. The van der Waals surface area contributed by atoms with Crippen LogP contribution in [-0.2, 0) is 0 Å². The molecule has 1 unspecified atom stereocenters. The lowest BCUT2D eigenvalue weighted by molar-refractivity contribution is 0.300. The molecule has 94 valence electrons. The van der Waals surface area contributed by atoms with E-state index in [9.17, 15) is 0 Å². The lowest BCUT2D eigenvalue weighted by Crippen LogP contribution is -2.39. The summed E-state index contributed by atoms with van der Waals surface area (Å²) in [5, 5.41) is 13.2. The zero-order chi connectivity index (χ0) is 12.1. The average Bonchev–Trinajstić information content (AvgIpc) is 2.82. The van der Waals surface area contributed by atoms with Crippen molar-refractivity contribution in [3.8, 4) is 0 Å². The molecule has 1 atom stereocenters. The summed E-state index contributed by atoms with van der Waals surface area (Å²) < 4.78 is 0. The summed E-state index contributed by atoms with van der Waals surface area (Å²) in [5.74, 6) is 0.872. The molecule has 0 spiro atoms. The van der Waals surface area contributed by atoms with Gasteiger partial charge in [0.2, 0.25) is 0 Å². The number of anilines is 1. The number of hydrogen-bond acceptors (Lipinski definition) is 4. The Morgan fingerprint density at radius 1 is 1.53 bits per heavy atom. The molecule has 1 aromatic rings. The number of aliphatic hydroxyl groups excluding tert-OH is 1. The second kappa shape index (κ2) is 6.19. The van der Waals surface area contributed by atoms with Gasteiger partial charge in [-0.25, -0.2) is 4.98 Å². The highest BCUT2D eigenvalue weighted by atomic mass is 35.5. The van der Waals surface area contributed by atoms with Crippen LogP contribution < -0.4 is 10.2 Å². The summed E-state index contributed by atoms with van der Waals surface area (Å²) in [7, 11) is 0. The van der Waals surface area contributed by atoms with Gasteiger partial charge in [0, 0.05) is 25.3 Å². The minimum absolute atomic E-state index is 0.136. The SMILES string of the molecule is OCCN(CC1CCCN1)c1ccc(Cl)cn1. The van der Waals surface area contributed by atoms with Crippen LogP contribution in [0.3, 0.4) is 0 Å². The predicted octanol–water partition coefficient (Wildman–Crippen LogP) is 1.29. The highest BCUT2D eigenvalue weighted by Gasteiger charge is 2.18. The third kappa shape index (κ3) is 3.56. The summed E-state index contributed by atoms with van der Waals surface area (Å²) in [6.07, 6.45) is 4.06. The summed E-state index contributed by atoms with van der Waals surface area (Å²) in [6.45, 7) is 2.71. The standard InChI is InChI=1S/C12H18ClN3O/c13-10-3-4-12(15-8-10)16(6-7-17)9-11-2-1-5-14-11/h3-4,8,11,14,17H,1-2,5-7,9H2. The van der Waals surface area contributed by atoms with Crippen molar-refractivity contribution >= 4 is 17.4 Å². The maximum atomic E-state index is 9.11. The molecule has 2 rings (SSSR count). The quantitative estimate of drug-likeness (QED) is 0.832. The van der Waals surface area contributed by atoms with Crippen LogP contribution in [0.15, 0.2) is 18.3 Å². The minimum atomic E-state index is 0.136. The Bertz CT molecular complexity index is 338. The van der Waals surface area contributed by atoms with Gasteiger partial charge >= 0.3 is 0 Å². The molecule has 0 amide bonds. The first kappa shape index (κ1) is 12.6. The first-order valence-electron chi connectivity index (χ1n) is 6.00. The van der Waals surface area contributed by atoms with E-state index in [0.717, 1.165) is 18.9 Å². The molecule has 0 aliphatic carbocycles. The Balaban J connectivity index is 2.02. The van der Waals surface area contributed by atoms with Crippen LogP contribution in [-0.4, -0.2) is 42.4 Å². The first-order valence-corrected chi connectivity index (χ1v) is 6.38. The van der Waals surface area contributed by atoms with Gasteiger partial charge in [-0.15, -0.1) is 0 Å². The fraction of sp³-hybridized carbons (Fsp3) is 0.583. The maximum Gasteiger partial charge on any atom is 0.128 e. The number of hydrogen-bond donors (Lipinski definition) is 2. The summed E-state index contributed by atoms with van der Waals surface area (Å²) in [5.41, 5.74) is 0. The molecule has 0 saturated carbocycles. The van der Waals surface area contributed by atoms with Crippen molar-refractivity contribution in [3.63, 3.8) is 0 Å². The van der Waals surface area contributed by atoms with E-state index in [0.29, 0.717) is 17.6 Å². The number of pyridine rings is 1. The normalized spacial score (nSPS) is 19.5. The Morgan fingerprint density at radius 3 is 3.00 bits per heavy atom. The van der Waals surface area contributed by atoms with E-state index in [-0.39, 0.29) is 6.61 Å². The van der Waals surface area contributed by atoms with Crippen LogP contribution >= 0.6 is 11.6 Å². The van der Waals surface area contributed by atoms with Crippen molar-refractivity contribution in [2.45, 2.75) is 18.9 Å². The maximum absolute atomic E-state index is 9.11. The van der Waals surface area contributed by atoms with Crippen molar-refractivity contribution in [1.29, 1.82) is 0 Å². The number of nitrogens with zero attached hydrogens (tertiary/aromatic N) is 2. The monoisotopic (exact) mass is 255 g/mol. The van der Waals surface area contributed by atoms with Crippen molar-refractivity contribution in [3.05, 3.63) is 23.4 Å². The third-order valence-corrected chi connectivity index (χ3v) is 3.23. The fourth-order valence-electron chi connectivity index (χ4n) is 2.15. The van der Waals surface area contributed by atoms with E-state index < -0.39 is 0 Å². The molecule has 1 aromatic heterocycles. The van der Waals surface area contributed by atoms with E-state index in [1.54, 1.807) is 6.20 Å². The van der Waals surface area contributed by atoms with Gasteiger partial charge < -0.3 is 15.3 Å². The second-order valence-electron chi connectivity index (χ2n) is 4.30. The molecule has 2 N–H and O–H groups in total. The second-order valence-corrected chi connectivity index (χ2v) is 4.73. The van der Waals surface area contributed by atoms with Crippen LogP contribution in [0.2, 0.25) is 5.02 Å². The summed E-state index contributed by atoms with van der Waals surface area (Å²) >= 11 is 5.82. The molecular weight excluding hydrogens is 238 g/mol. The Morgan fingerprint density at radius 2 is 2.41 bits per heavy atom. The van der Waals surface area contributed by atoms with E-state index in [1.165, 1.54) is 12.8 Å². The van der Waals surface area contributed by atoms with Gasteiger partial charge in [-0.2, -0.15) is 0 Å². The molecule has 1 aliphatic heterocycles. The highest BCUT2D eigenvalue weighted by Crippen LogP contribution is 2.16. The van der Waals surface area contributed by atoms with Gasteiger partial charge in [0.25, 0.3) is 0 Å². The van der Waals surface area contributed by atoms with Gasteiger partial charge in [-0.05, 0) is 31.5 Å². The lowest BCUT2D eigenvalue weighted by Gasteiger charge is -2.26. The van der Waals surface area contributed by atoms with Crippen LogP contribution in [0.4, 0.5) is 5.82 Å². The zero-order valence-corrected chi connectivity index (χ0v) is 10.5. The van der Waals surface area contributed by atoms with Crippen LogP contribution in [0.5, 0.6) is 0 Å². The Kier molecular flexibility index (Phi) is 4.59.